The summed E-state index contributed by atoms with van der Waals surface area (Å²) in [4.78, 5) is 24.0. The van der Waals surface area contributed by atoms with Gasteiger partial charge in [0.15, 0.2) is 0 Å². The maximum Gasteiger partial charge on any atom is 0.309 e. The van der Waals surface area contributed by atoms with Crippen LogP contribution >= 0.6 is 0 Å². The van der Waals surface area contributed by atoms with Gasteiger partial charge in [-0.2, -0.15) is 0 Å². The molecule has 2 aromatic carbocycles. The average molecular weight is 366 g/mol. The van der Waals surface area contributed by atoms with Gasteiger partial charge in [-0.1, -0.05) is 12.1 Å². The van der Waals surface area contributed by atoms with Crippen molar-refractivity contribution in [2.75, 3.05) is 11.9 Å². The third-order valence-corrected chi connectivity index (χ3v) is 4.39. The molecule has 0 bridgehead atoms. The van der Waals surface area contributed by atoms with E-state index in [1.807, 2.05) is 12.1 Å². The molecule has 27 heavy (non-hydrogen) atoms. The summed E-state index contributed by atoms with van der Waals surface area (Å²) in [6.45, 7) is 2.16. The predicted octanol–water partition coefficient (Wildman–Crippen LogP) is 3.58. The van der Waals surface area contributed by atoms with Gasteiger partial charge in [0.1, 0.15) is 11.9 Å². The van der Waals surface area contributed by atoms with Gasteiger partial charge < -0.3 is 20.2 Å². The first-order valence-corrected chi connectivity index (χ1v) is 8.96. The molecule has 0 aliphatic carbocycles. The fourth-order valence-corrected chi connectivity index (χ4v) is 3.01. The fourth-order valence-electron chi connectivity index (χ4n) is 3.01. The molecular weight excluding hydrogens is 344 g/mol. The molecule has 2 aromatic rings. The van der Waals surface area contributed by atoms with Crippen LogP contribution in [-0.4, -0.2) is 30.8 Å². The first-order chi connectivity index (χ1) is 13.1. The van der Waals surface area contributed by atoms with Crippen LogP contribution < -0.4 is 10.1 Å². The molecule has 0 aromatic heterocycles. The SMILES string of the molecule is CCOC(=O)CC1CCc2cc(NC(=O)c3ccc(C=N)cc3)ccc2O1. The van der Waals surface area contributed by atoms with Crippen LogP contribution in [0.1, 0.15) is 41.3 Å². The van der Waals surface area contributed by atoms with Gasteiger partial charge in [-0.25, -0.2) is 0 Å². The highest BCUT2D eigenvalue weighted by Gasteiger charge is 2.23. The van der Waals surface area contributed by atoms with Crippen LogP contribution in [0.4, 0.5) is 5.69 Å². The first-order valence-electron chi connectivity index (χ1n) is 8.96. The zero-order valence-electron chi connectivity index (χ0n) is 15.2. The van der Waals surface area contributed by atoms with Crippen molar-refractivity contribution in [3.8, 4) is 5.75 Å². The highest BCUT2D eigenvalue weighted by Crippen LogP contribution is 2.31. The molecule has 1 aliphatic rings. The maximum atomic E-state index is 12.4. The molecule has 0 fully saturated rings. The molecule has 0 radical (unpaired) electrons. The Labute approximate surface area is 158 Å². The number of aryl methyl sites for hydroxylation is 1. The lowest BCUT2D eigenvalue weighted by Crippen LogP contribution is -2.26. The minimum atomic E-state index is -0.246. The summed E-state index contributed by atoms with van der Waals surface area (Å²) in [6, 6.07) is 12.3. The smallest absolute Gasteiger partial charge is 0.309 e. The highest BCUT2D eigenvalue weighted by atomic mass is 16.5. The van der Waals surface area contributed by atoms with Crippen molar-refractivity contribution < 1.29 is 19.1 Å². The van der Waals surface area contributed by atoms with E-state index in [2.05, 4.69) is 5.32 Å². The number of fused-ring (bicyclic) bond motifs is 1. The summed E-state index contributed by atoms with van der Waals surface area (Å²) < 4.78 is 10.9. The largest absolute Gasteiger partial charge is 0.490 e. The van der Waals surface area contributed by atoms with E-state index in [-0.39, 0.29) is 24.4 Å². The van der Waals surface area contributed by atoms with Gasteiger partial charge in [0.05, 0.1) is 13.0 Å². The van der Waals surface area contributed by atoms with Gasteiger partial charge in [-0.05, 0) is 61.2 Å². The summed E-state index contributed by atoms with van der Waals surface area (Å²) in [5.74, 6) is 0.288. The van der Waals surface area contributed by atoms with Crippen molar-refractivity contribution in [1.82, 2.24) is 0 Å². The number of amides is 1. The van der Waals surface area contributed by atoms with Crippen molar-refractivity contribution in [2.45, 2.75) is 32.3 Å². The highest BCUT2D eigenvalue weighted by molar-refractivity contribution is 6.04. The molecule has 2 N–H and O–H groups in total. The maximum absolute atomic E-state index is 12.4. The zero-order chi connectivity index (χ0) is 19.2. The number of benzene rings is 2. The van der Waals surface area contributed by atoms with Gasteiger partial charge in [-0.3, -0.25) is 9.59 Å². The molecule has 0 saturated heterocycles. The fraction of sp³-hybridized carbons (Fsp3) is 0.286. The second kappa shape index (κ2) is 8.49. The third-order valence-electron chi connectivity index (χ3n) is 4.39. The molecule has 140 valence electrons. The number of hydrogen-bond donors (Lipinski definition) is 2. The standard InChI is InChI=1S/C21H22N2O4/c1-2-26-20(24)12-18-9-7-16-11-17(8-10-19(16)27-18)23-21(25)15-5-3-14(13-22)4-6-15/h3-6,8,10-11,13,18,22H,2,7,9,12H2,1H3,(H,23,25). The molecule has 6 nitrogen and oxygen atoms in total. The van der Waals surface area contributed by atoms with Crippen molar-refractivity contribution in [2.24, 2.45) is 0 Å². The zero-order valence-corrected chi connectivity index (χ0v) is 15.2. The molecule has 1 unspecified atom stereocenters. The Morgan fingerprint density at radius 2 is 2.04 bits per heavy atom. The number of anilines is 1. The van der Waals surface area contributed by atoms with Crippen molar-refractivity contribution in [3.63, 3.8) is 0 Å². The van der Waals surface area contributed by atoms with Gasteiger partial charge in [0.25, 0.3) is 5.91 Å². The first kappa shape index (κ1) is 18.6. The van der Waals surface area contributed by atoms with E-state index in [0.717, 1.165) is 29.7 Å². The summed E-state index contributed by atoms with van der Waals surface area (Å²) in [5, 5.41) is 10.1. The molecule has 6 heteroatoms. The van der Waals surface area contributed by atoms with Crippen molar-refractivity contribution in [1.29, 1.82) is 5.41 Å². The molecule has 0 saturated carbocycles. The van der Waals surface area contributed by atoms with Crippen LogP contribution in [-0.2, 0) is 16.0 Å². The minimum absolute atomic E-state index is 0.177. The Bertz CT molecular complexity index is 846. The molecule has 1 amide bonds. The summed E-state index contributed by atoms with van der Waals surface area (Å²) in [7, 11) is 0. The van der Waals surface area contributed by atoms with E-state index in [4.69, 9.17) is 14.9 Å². The average Bonchev–Trinajstić information content (AvgIpc) is 2.68. The van der Waals surface area contributed by atoms with Gasteiger partial charge in [0.2, 0.25) is 0 Å². The Morgan fingerprint density at radius 1 is 1.26 bits per heavy atom. The Balaban J connectivity index is 1.63. The summed E-state index contributed by atoms with van der Waals surface area (Å²) in [6.07, 6.45) is 2.81. The summed E-state index contributed by atoms with van der Waals surface area (Å²) in [5.41, 5.74) is 2.98. The van der Waals surface area contributed by atoms with Crippen molar-refractivity contribution >= 4 is 23.8 Å². The number of ether oxygens (including phenoxy) is 2. The Kier molecular flexibility index (Phi) is 5.86. The van der Waals surface area contributed by atoms with E-state index in [9.17, 15) is 9.59 Å². The van der Waals surface area contributed by atoms with E-state index in [0.29, 0.717) is 17.9 Å². The molecule has 3 rings (SSSR count). The van der Waals surface area contributed by atoms with Gasteiger partial charge in [-0.15, -0.1) is 0 Å². The molecular formula is C21H22N2O4. The quantitative estimate of drug-likeness (QED) is 0.604. The number of nitrogens with one attached hydrogen (secondary N) is 2. The van der Waals surface area contributed by atoms with Crippen molar-refractivity contribution in [3.05, 3.63) is 59.2 Å². The molecule has 1 aliphatic heterocycles. The van der Waals surface area contributed by atoms with Crippen LogP contribution in [0.5, 0.6) is 5.75 Å². The van der Waals surface area contributed by atoms with Crippen LogP contribution in [0.15, 0.2) is 42.5 Å². The van der Waals surface area contributed by atoms with Gasteiger partial charge >= 0.3 is 5.97 Å². The van der Waals surface area contributed by atoms with Crippen LogP contribution in [0.3, 0.4) is 0 Å². The third kappa shape index (κ3) is 4.73. The monoisotopic (exact) mass is 366 g/mol. The lowest BCUT2D eigenvalue weighted by atomic mass is 10.00. The second-order valence-electron chi connectivity index (χ2n) is 6.33. The van der Waals surface area contributed by atoms with Gasteiger partial charge in [0, 0.05) is 17.5 Å². The number of hydrogen-bond acceptors (Lipinski definition) is 5. The molecule has 1 atom stereocenters. The summed E-state index contributed by atoms with van der Waals surface area (Å²) >= 11 is 0. The molecule has 1 heterocycles. The number of carbonyl (C=O) groups excluding carboxylic acids is 2. The van der Waals surface area contributed by atoms with E-state index in [1.54, 1.807) is 37.3 Å². The lowest BCUT2D eigenvalue weighted by Gasteiger charge is -2.26. The molecule has 0 spiro atoms. The lowest BCUT2D eigenvalue weighted by molar-refractivity contribution is -0.145. The number of carbonyl (C=O) groups is 2. The Hall–Kier alpha value is -3.15. The van der Waals surface area contributed by atoms with Crippen LogP contribution in [0.2, 0.25) is 0 Å². The Morgan fingerprint density at radius 3 is 2.74 bits per heavy atom. The van der Waals surface area contributed by atoms with E-state index in [1.165, 1.54) is 6.21 Å². The number of rotatable bonds is 6. The van der Waals surface area contributed by atoms with E-state index < -0.39 is 0 Å². The predicted molar refractivity (Wildman–Crippen MR) is 103 cm³/mol. The topological polar surface area (TPSA) is 88.5 Å². The number of esters is 1. The van der Waals surface area contributed by atoms with Crippen LogP contribution in [0, 0.1) is 5.41 Å². The second-order valence-corrected chi connectivity index (χ2v) is 6.33. The van der Waals surface area contributed by atoms with E-state index >= 15 is 0 Å². The normalized spacial score (nSPS) is 15.2. The van der Waals surface area contributed by atoms with Crippen LogP contribution in [0.25, 0.3) is 0 Å². The minimum Gasteiger partial charge on any atom is -0.490 e.